The zero-order chi connectivity index (χ0) is 15.3. The molecule has 1 aromatic rings. The second-order valence-electron chi connectivity index (χ2n) is 4.78. The van der Waals surface area contributed by atoms with Gasteiger partial charge in [-0.2, -0.15) is 5.48 Å². The maximum atomic E-state index is 11.3. The van der Waals surface area contributed by atoms with Crippen LogP contribution in [0.5, 0.6) is 11.8 Å². The first kappa shape index (κ1) is 15.6. The molecule has 1 heterocycles. The van der Waals surface area contributed by atoms with Gasteiger partial charge in [0.1, 0.15) is 12.1 Å². The van der Waals surface area contributed by atoms with E-state index in [0.29, 0.717) is 0 Å². The van der Waals surface area contributed by atoms with E-state index in [1.54, 1.807) is 26.3 Å². The molecule has 0 saturated heterocycles. The highest BCUT2D eigenvalue weighted by molar-refractivity contribution is 5.69. The molecule has 3 N–H and O–H groups in total. The first-order valence-corrected chi connectivity index (χ1v) is 5.62. The van der Waals surface area contributed by atoms with Crippen LogP contribution in [0.2, 0.25) is 0 Å². The van der Waals surface area contributed by atoms with Gasteiger partial charge in [-0.3, -0.25) is 9.45 Å². The monoisotopic (exact) mass is 288 g/mol. The molecule has 9 heteroatoms. The third-order valence-corrected chi connectivity index (χ3v) is 1.88. The van der Waals surface area contributed by atoms with Crippen LogP contribution in [-0.2, 0) is 26.0 Å². The van der Waals surface area contributed by atoms with Gasteiger partial charge < -0.3 is 14.9 Å². The molecule has 0 unspecified atom stereocenters. The second-order valence-corrected chi connectivity index (χ2v) is 4.78. The number of carbonyl (C=O) groups excluding carboxylic acids is 2. The number of carbonyl (C=O) groups is 2. The molecule has 20 heavy (non-hydrogen) atoms. The molecule has 1 aromatic heterocycles. The Morgan fingerprint density at radius 1 is 1.25 bits per heavy atom. The lowest BCUT2D eigenvalue weighted by molar-refractivity contribution is -0.301. The normalized spacial score (nSPS) is 10.9. The zero-order valence-electron chi connectivity index (χ0n) is 11.2. The molecule has 0 fully saturated rings. The topological polar surface area (TPSA) is 119 Å². The van der Waals surface area contributed by atoms with E-state index in [1.165, 1.54) is 12.1 Å². The fourth-order valence-electron chi connectivity index (χ4n) is 1.16. The van der Waals surface area contributed by atoms with Crippen LogP contribution in [0, 0.1) is 0 Å². The highest BCUT2D eigenvalue weighted by Gasteiger charge is 2.17. The Morgan fingerprint density at radius 3 is 2.30 bits per heavy atom. The average molecular weight is 288 g/mol. The van der Waals surface area contributed by atoms with E-state index in [4.69, 9.17) is 4.74 Å². The SMILES string of the molecule is CC(C)(C)OC(=O)NOOC(=O)Cn1c(O)ccc1O. The quantitative estimate of drug-likeness (QED) is 0.554. The highest BCUT2D eigenvalue weighted by Crippen LogP contribution is 2.20. The van der Waals surface area contributed by atoms with Crippen LogP contribution < -0.4 is 5.48 Å². The summed E-state index contributed by atoms with van der Waals surface area (Å²) < 4.78 is 5.69. The summed E-state index contributed by atoms with van der Waals surface area (Å²) in [6, 6.07) is 2.39. The molecule has 0 atom stereocenters. The minimum atomic E-state index is -0.956. The van der Waals surface area contributed by atoms with Crippen LogP contribution in [0.1, 0.15) is 20.8 Å². The molecule has 0 bridgehead atoms. The summed E-state index contributed by atoms with van der Waals surface area (Å²) >= 11 is 0. The molecule has 1 rings (SSSR count). The number of nitrogens with one attached hydrogen (secondary N) is 1. The first-order chi connectivity index (χ1) is 9.19. The lowest BCUT2D eigenvalue weighted by Gasteiger charge is -2.18. The minimum absolute atomic E-state index is 0.320. The Bertz CT molecular complexity index is 470. The zero-order valence-corrected chi connectivity index (χ0v) is 11.2. The van der Waals surface area contributed by atoms with Crippen molar-refractivity contribution in [2.75, 3.05) is 0 Å². The van der Waals surface area contributed by atoms with Gasteiger partial charge in [0.25, 0.3) is 0 Å². The predicted molar refractivity (Wildman–Crippen MR) is 64.3 cm³/mol. The summed E-state index contributed by atoms with van der Waals surface area (Å²) in [4.78, 5) is 30.8. The maximum absolute atomic E-state index is 11.3. The van der Waals surface area contributed by atoms with Gasteiger partial charge in [-0.05, 0) is 20.8 Å². The van der Waals surface area contributed by atoms with Gasteiger partial charge >= 0.3 is 12.1 Å². The van der Waals surface area contributed by atoms with Crippen molar-refractivity contribution < 1.29 is 34.4 Å². The Balaban J connectivity index is 2.33. The summed E-state index contributed by atoms with van der Waals surface area (Å²) in [5, 5.41) is 18.6. The lowest BCUT2D eigenvalue weighted by Crippen LogP contribution is -2.33. The van der Waals surface area contributed by atoms with E-state index >= 15 is 0 Å². The molecule has 112 valence electrons. The van der Waals surface area contributed by atoms with Crippen molar-refractivity contribution in [3.8, 4) is 11.8 Å². The number of hydrogen-bond acceptors (Lipinski definition) is 7. The van der Waals surface area contributed by atoms with Crippen LogP contribution in [0.25, 0.3) is 0 Å². The van der Waals surface area contributed by atoms with Crippen molar-refractivity contribution in [2.24, 2.45) is 0 Å². The lowest BCUT2D eigenvalue weighted by atomic mass is 10.2. The minimum Gasteiger partial charge on any atom is -0.494 e. The van der Waals surface area contributed by atoms with E-state index in [1.807, 2.05) is 0 Å². The average Bonchev–Trinajstić information content (AvgIpc) is 2.58. The largest absolute Gasteiger partial charge is 0.494 e. The van der Waals surface area contributed by atoms with Crippen molar-refractivity contribution >= 4 is 12.1 Å². The fourth-order valence-corrected chi connectivity index (χ4v) is 1.16. The number of rotatable bonds is 4. The summed E-state index contributed by atoms with van der Waals surface area (Å²) in [6.45, 7) is 4.45. The number of aromatic nitrogens is 1. The number of hydroxylamine groups is 1. The molecule has 0 aliphatic carbocycles. The number of nitrogens with zero attached hydrogens (tertiary/aromatic N) is 1. The van der Waals surface area contributed by atoms with E-state index in [-0.39, 0.29) is 11.8 Å². The van der Waals surface area contributed by atoms with Gasteiger partial charge in [0, 0.05) is 12.1 Å². The maximum Gasteiger partial charge on any atom is 0.435 e. The Morgan fingerprint density at radius 2 is 1.80 bits per heavy atom. The fraction of sp³-hybridized carbons (Fsp3) is 0.455. The van der Waals surface area contributed by atoms with Crippen molar-refractivity contribution in [3.63, 3.8) is 0 Å². The molecule has 0 radical (unpaired) electrons. The molecule has 9 nitrogen and oxygen atoms in total. The van der Waals surface area contributed by atoms with Gasteiger partial charge in [-0.15, -0.1) is 0 Å². The van der Waals surface area contributed by atoms with E-state index in [9.17, 15) is 19.8 Å². The Kier molecular flexibility index (Phi) is 4.81. The molecule has 0 aromatic carbocycles. The molecule has 0 spiro atoms. The van der Waals surface area contributed by atoms with Crippen LogP contribution in [-0.4, -0.2) is 32.4 Å². The van der Waals surface area contributed by atoms with Crippen LogP contribution in [0.3, 0.4) is 0 Å². The second kappa shape index (κ2) is 6.15. The van der Waals surface area contributed by atoms with Crippen molar-refractivity contribution in [2.45, 2.75) is 32.9 Å². The first-order valence-electron chi connectivity index (χ1n) is 5.62. The number of aromatic hydroxyl groups is 2. The summed E-state index contributed by atoms with van der Waals surface area (Å²) in [7, 11) is 0. The summed E-state index contributed by atoms with van der Waals surface area (Å²) in [5.41, 5.74) is 1.02. The van der Waals surface area contributed by atoms with Crippen LogP contribution in [0.15, 0.2) is 12.1 Å². The number of ether oxygens (including phenoxy) is 1. The molecular weight excluding hydrogens is 272 g/mol. The third kappa shape index (κ3) is 5.06. The molecule has 1 amide bonds. The van der Waals surface area contributed by atoms with Gasteiger partial charge in [-0.1, -0.05) is 4.99 Å². The predicted octanol–water partition coefficient (Wildman–Crippen LogP) is 0.814. The molecule has 0 aliphatic rings. The van der Waals surface area contributed by atoms with Crippen molar-refractivity contribution in [3.05, 3.63) is 12.1 Å². The van der Waals surface area contributed by atoms with E-state index < -0.39 is 24.2 Å². The number of amides is 1. The standard InChI is InChI=1S/C11H16N2O7/c1-11(2,3)18-10(17)12-20-19-9(16)6-13-7(14)4-5-8(13)15/h4-5,14-15H,6H2,1-3H3,(H,12,17). The smallest absolute Gasteiger partial charge is 0.435 e. The number of hydrogen-bond donors (Lipinski definition) is 3. The van der Waals surface area contributed by atoms with E-state index in [2.05, 4.69) is 9.88 Å². The van der Waals surface area contributed by atoms with Crippen molar-refractivity contribution in [1.82, 2.24) is 10.0 Å². The van der Waals surface area contributed by atoms with Gasteiger partial charge in [-0.25, -0.2) is 9.59 Å². The van der Waals surface area contributed by atoms with Gasteiger partial charge in [0.05, 0.1) is 0 Å². The van der Waals surface area contributed by atoms with Gasteiger partial charge in [0.15, 0.2) is 11.8 Å². The van der Waals surface area contributed by atoms with Crippen LogP contribution in [0.4, 0.5) is 4.79 Å². The van der Waals surface area contributed by atoms with Crippen LogP contribution >= 0.6 is 0 Å². The Hall–Kier alpha value is -2.42. The summed E-state index contributed by atoms with van der Waals surface area (Å²) in [5.74, 6) is -1.60. The third-order valence-electron chi connectivity index (χ3n) is 1.88. The van der Waals surface area contributed by atoms with Gasteiger partial charge in [0.2, 0.25) is 0 Å². The van der Waals surface area contributed by atoms with Crippen molar-refractivity contribution in [1.29, 1.82) is 0 Å². The Labute approximate surface area is 114 Å². The van der Waals surface area contributed by atoms with E-state index in [0.717, 1.165) is 4.57 Å². The molecule has 0 aliphatic heterocycles. The highest BCUT2D eigenvalue weighted by atomic mass is 17.3. The molecular formula is C11H16N2O7. The summed E-state index contributed by atoms with van der Waals surface area (Å²) in [6.07, 6.45) is -0.933. The molecule has 0 saturated carbocycles.